The fourth-order valence-electron chi connectivity index (χ4n) is 2.92. The Morgan fingerprint density at radius 1 is 1.21 bits per heavy atom. The second-order valence-electron chi connectivity index (χ2n) is 6.58. The molecule has 6 nitrogen and oxygen atoms in total. The molecule has 2 aromatic carbocycles. The van der Waals surface area contributed by atoms with Crippen molar-refractivity contribution in [3.63, 3.8) is 0 Å². The largest absolute Gasteiger partial charge is 0.325 e. The van der Waals surface area contributed by atoms with E-state index in [9.17, 15) is 23.2 Å². The molecule has 4 amide bonds. The SMILES string of the molecule is Cc1ccc(NC(=O)CN2C(=O)NC(C)(c3cc(F)ccc3F)C2=O)cc1Cl. The minimum atomic E-state index is -1.82. The molecule has 9 heteroatoms. The van der Waals surface area contributed by atoms with Crippen molar-refractivity contribution >= 4 is 35.1 Å². The van der Waals surface area contributed by atoms with E-state index in [1.54, 1.807) is 19.1 Å². The van der Waals surface area contributed by atoms with Crippen molar-refractivity contribution in [2.45, 2.75) is 19.4 Å². The van der Waals surface area contributed by atoms with Crippen LogP contribution < -0.4 is 10.6 Å². The van der Waals surface area contributed by atoms with Gasteiger partial charge in [-0.1, -0.05) is 17.7 Å². The lowest BCUT2D eigenvalue weighted by atomic mass is 9.91. The number of rotatable bonds is 4. The Labute approximate surface area is 164 Å². The Morgan fingerprint density at radius 3 is 2.61 bits per heavy atom. The molecule has 3 rings (SSSR count). The summed E-state index contributed by atoms with van der Waals surface area (Å²) in [6.45, 7) is 2.46. The van der Waals surface area contributed by atoms with Crippen LogP contribution in [0.5, 0.6) is 0 Å². The Kier molecular flexibility index (Phi) is 5.08. The van der Waals surface area contributed by atoms with Crippen LogP contribution in [0.1, 0.15) is 18.1 Å². The number of anilines is 1. The van der Waals surface area contributed by atoms with Crippen LogP contribution in [0.4, 0.5) is 19.3 Å². The van der Waals surface area contributed by atoms with Gasteiger partial charge >= 0.3 is 6.03 Å². The van der Waals surface area contributed by atoms with E-state index in [0.29, 0.717) is 15.6 Å². The normalized spacial score (nSPS) is 19.0. The summed E-state index contributed by atoms with van der Waals surface area (Å²) in [6, 6.07) is 6.59. The van der Waals surface area contributed by atoms with Gasteiger partial charge in [0.2, 0.25) is 5.91 Å². The number of aryl methyl sites for hydroxylation is 1. The summed E-state index contributed by atoms with van der Waals surface area (Å²) in [4.78, 5) is 37.9. The van der Waals surface area contributed by atoms with Crippen LogP contribution in [-0.4, -0.2) is 29.3 Å². The maximum Gasteiger partial charge on any atom is 0.325 e. The van der Waals surface area contributed by atoms with E-state index >= 15 is 0 Å². The summed E-state index contributed by atoms with van der Waals surface area (Å²) >= 11 is 6.00. The first-order valence-electron chi connectivity index (χ1n) is 8.27. The molecule has 1 fully saturated rings. The van der Waals surface area contributed by atoms with Crippen molar-refractivity contribution in [1.82, 2.24) is 10.2 Å². The van der Waals surface area contributed by atoms with Crippen molar-refractivity contribution in [2.75, 3.05) is 11.9 Å². The van der Waals surface area contributed by atoms with Crippen molar-refractivity contribution < 1.29 is 23.2 Å². The Morgan fingerprint density at radius 2 is 1.93 bits per heavy atom. The summed E-state index contributed by atoms with van der Waals surface area (Å²) in [5, 5.41) is 5.31. The monoisotopic (exact) mass is 407 g/mol. The molecule has 0 spiro atoms. The van der Waals surface area contributed by atoms with Crippen LogP contribution in [0.2, 0.25) is 5.02 Å². The number of benzene rings is 2. The average molecular weight is 408 g/mol. The number of hydrogen-bond acceptors (Lipinski definition) is 3. The number of amides is 4. The van der Waals surface area contributed by atoms with Crippen molar-refractivity contribution in [1.29, 1.82) is 0 Å². The van der Waals surface area contributed by atoms with E-state index in [2.05, 4.69) is 10.6 Å². The molecule has 28 heavy (non-hydrogen) atoms. The molecular formula is C19H16ClF2N3O3. The van der Waals surface area contributed by atoms with Gasteiger partial charge in [-0.05, 0) is 49.7 Å². The molecule has 1 unspecified atom stereocenters. The van der Waals surface area contributed by atoms with Gasteiger partial charge < -0.3 is 10.6 Å². The topological polar surface area (TPSA) is 78.5 Å². The van der Waals surface area contributed by atoms with Crippen LogP contribution in [-0.2, 0) is 15.1 Å². The second kappa shape index (κ2) is 7.20. The van der Waals surface area contributed by atoms with Gasteiger partial charge in [0.25, 0.3) is 5.91 Å². The number of nitrogens with zero attached hydrogens (tertiary/aromatic N) is 1. The molecule has 2 N–H and O–H groups in total. The first kappa shape index (κ1) is 19.8. The number of urea groups is 1. The molecule has 1 atom stereocenters. The predicted octanol–water partition coefficient (Wildman–Crippen LogP) is 3.33. The Hall–Kier alpha value is -3.00. The molecule has 0 radical (unpaired) electrons. The van der Waals surface area contributed by atoms with Gasteiger partial charge in [0.05, 0.1) is 0 Å². The molecular weight excluding hydrogens is 392 g/mol. The van der Waals surface area contributed by atoms with E-state index in [0.717, 1.165) is 23.8 Å². The highest BCUT2D eigenvalue weighted by Gasteiger charge is 2.50. The highest BCUT2D eigenvalue weighted by molar-refractivity contribution is 6.31. The number of nitrogens with one attached hydrogen (secondary N) is 2. The van der Waals surface area contributed by atoms with Gasteiger partial charge in [0.15, 0.2) is 0 Å². The minimum absolute atomic E-state index is 0.320. The molecule has 1 aliphatic rings. The van der Waals surface area contributed by atoms with Crippen molar-refractivity contribution in [3.8, 4) is 0 Å². The van der Waals surface area contributed by atoms with Gasteiger partial charge in [0, 0.05) is 16.3 Å². The summed E-state index contributed by atoms with van der Waals surface area (Å²) < 4.78 is 27.7. The van der Waals surface area contributed by atoms with Crippen LogP contribution in [0.15, 0.2) is 36.4 Å². The lowest BCUT2D eigenvalue weighted by Gasteiger charge is -2.22. The third kappa shape index (κ3) is 3.55. The highest BCUT2D eigenvalue weighted by atomic mass is 35.5. The van der Waals surface area contributed by atoms with Gasteiger partial charge in [-0.3, -0.25) is 14.5 Å². The van der Waals surface area contributed by atoms with Gasteiger partial charge in [-0.25, -0.2) is 13.6 Å². The maximum atomic E-state index is 14.1. The third-order valence-electron chi connectivity index (χ3n) is 4.50. The first-order chi connectivity index (χ1) is 13.1. The quantitative estimate of drug-likeness (QED) is 0.763. The lowest BCUT2D eigenvalue weighted by Crippen LogP contribution is -2.42. The predicted molar refractivity (Wildman–Crippen MR) is 98.8 cm³/mol. The molecule has 1 aliphatic heterocycles. The van der Waals surface area contributed by atoms with Crippen LogP contribution in [0, 0.1) is 18.6 Å². The highest BCUT2D eigenvalue weighted by Crippen LogP contribution is 2.31. The third-order valence-corrected chi connectivity index (χ3v) is 4.91. The standard InChI is InChI=1S/C19H16ClF2N3O3/c1-10-3-5-12(8-14(10)20)23-16(26)9-25-17(27)19(2,24-18(25)28)13-7-11(21)4-6-15(13)22/h3-8H,9H2,1-2H3,(H,23,26)(H,24,28). The molecule has 0 aromatic heterocycles. The first-order valence-corrected chi connectivity index (χ1v) is 8.65. The molecule has 0 bridgehead atoms. The molecule has 0 aliphatic carbocycles. The number of halogens is 3. The van der Waals surface area contributed by atoms with E-state index in [1.165, 1.54) is 13.0 Å². The Balaban J connectivity index is 1.79. The van der Waals surface area contributed by atoms with Crippen molar-refractivity contribution in [3.05, 3.63) is 64.2 Å². The van der Waals surface area contributed by atoms with E-state index in [1.807, 2.05) is 0 Å². The van der Waals surface area contributed by atoms with Gasteiger partial charge in [0.1, 0.15) is 23.7 Å². The number of imide groups is 1. The molecule has 146 valence electrons. The molecule has 0 saturated carbocycles. The molecule has 2 aromatic rings. The fraction of sp³-hybridized carbons (Fsp3) is 0.211. The van der Waals surface area contributed by atoms with Crippen molar-refractivity contribution in [2.24, 2.45) is 0 Å². The van der Waals surface area contributed by atoms with E-state index in [4.69, 9.17) is 11.6 Å². The zero-order valence-corrected chi connectivity index (χ0v) is 15.7. The van der Waals surface area contributed by atoms with Crippen LogP contribution in [0.3, 0.4) is 0 Å². The minimum Gasteiger partial charge on any atom is -0.324 e. The number of carbonyl (C=O) groups excluding carboxylic acids is 3. The zero-order valence-electron chi connectivity index (χ0n) is 15.0. The molecule has 1 heterocycles. The van der Waals surface area contributed by atoms with Crippen LogP contribution >= 0.6 is 11.6 Å². The molecule has 1 saturated heterocycles. The number of carbonyl (C=O) groups is 3. The van der Waals surface area contributed by atoms with Gasteiger partial charge in [-0.15, -0.1) is 0 Å². The van der Waals surface area contributed by atoms with E-state index in [-0.39, 0.29) is 5.56 Å². The summed E-state index contributed by atoms with van der Waals surface area (Å²) in [5.41, 5.74) is -0.927. The maximum absolute atomic E-state index is 14.1. The summed E-state index contributed by atoms with van der Waals surface area (Å²) in [6.07, 6.45) is 0. The van der Waals surface area contributed by atoms with Crippen LogP contribution in [0.25, 0.3) is 0 Å². The Bertz CT molecular complexity index is 998. The second-order valence-corrected chi connectivity index (χ2v) is 6.99. The van der Waals surface area contributed by atoms with Gasteiger partial charge in [-0.2, -0.15) is 0 Å². The zero-order chi connectivity index (χ0) is 20.6. The van der Waals surface area contributed by atoms with E-state index < -0.39 is 41.6 Å². The summed E-state index contributed by atoms with van der Waals surface area (Å²) in [7, 11) is 0. The number of hydrogen-bond donors (Lipinski definition) is 2. The smallest absolute Gasteiger partial charge is 0.324 e. The average Bonchev–Trinajstić information content (AvgIpc) is 2.84. The summed E-state index contributed by atoms with van der Waals surface area (Å²) in [5.74, 6) is -3.11. The lowest BCUT2D eigenvalue weighted by molar-refractivity contribution is -0.133. The fourth-order valence-corrected chi connectivity index (χ4v) is 3.10.